The molecule has 1 atom stereocenters. The lowest BCUT2D eigenvalue weighted by atomic mass is 9.73. The molecular formula is C12H16N2O. The lowest BCUT2D eigenvalue weighted by molar-refractivity contribution is -0.0402. The Bertz CT molecular complexity index is 374. The van der Waals surface area contributed by atoms with Gasteiger partial charge in [-0.15, -0.1) is 0 Å². The zero-order valence-corrected chi connectivity index (χ0v) is 8.74. The van der Waals surface area contributed by atoms with E-state index < -0.39 is 5.60 Å². The van der Waals surface area contributed by atoms with Crippen LogP contribution < -0.4 is 5.32 Å². The van der Waals surface area contributed by atoms with E-state index in [1.807, 2.05) is 12.3 Å². The summed E-state index contributed by atoms with van der Waals surface area (Å²) in [4.78, 5) is 4.46. The fourth-order valence-corrected chi connectivity index (χ4v) is 2.76. The smallest absolute Gasteiger partial charge is 0.0978 e. The molecular weight excluding hydrogens is 188 g/mol. The Labute approximate surface area is 89.5 Å². The summed E-state index contributed by atoms with van der Waals surface area (Å²) in [5, 5.41) is 13.5. The summed E-state index contributed by atoms with van der Waals surface area (Å²) in [5.41, 5.74) is 1.92. The fourth-order valence-electron chi connectivity index (χ4n) is 2.76. The second kappa shape index (κ2) is 3.29. The molecule has 1 aromatic rings. The Hall–Kier alpha value is -0.930. The SMILES string of the molecule is OC1(C2CCCc3cccnc32)CNC1. The van der Waals surface area contributed by atoms with Crippen LogP contribution in [-0.4, -0.2) is 28.8 Å². The Morgan fingerprint density at radius 3 is 3.07 bits per heavy atom. The van der Waals surface area contributed by atoms with Crippen LogP contribution in [-0.2, 0) is 6.42 Å². The maximum absolute atomic E-state index is 10.4. The van der Waals surface area contributed by atoms with Gasteiger partial charge >= 0.3 is 0 Å². The molecule has 15 heavy (non-hydrogen) atoms. The van der Waals surface area contributed by atoms with Gasteiger partial charge in [0.25, 0.3) is 0 Å². The highest BCUT2D eigenvalue weighted by Gasteiger charge is 2.45. The molecule has 2 N–H and O–H groups in total. The zero-order valence-electron chi connectivity index (χ0n) is 8.74. The highest BCUT2D eigenvalue weighted by atomic mass is 16.3. The number of nitrogens with one attached hydrogen (secondary N) is 1. The molecule has 1 aliphatic heterocycles. The van der Waals surface area contributed by atoms with E-state index in [1.54, 1.807) is 0 Å². The number of rotatable bonds is 1. The topological polar surface area (TPSA) is 45.2 Å². The Morgan fingerprint density at radius 2 is 2.33 bits per heavy atom. The summed E-state index contributed by atoms with van der Waals surface area (Å²) in [6, 6.07) is 4.13. The minimum Gasteiger partial charge on any atom is -0.387 e. The van der Waals surface area contributed by atoms with Crippen LogP contribution >= 0.6 is 0 Å². The minimum absolute atomic E-state index is 0.240. The number of aliphatic hydroxyl groups is 1. The summed E-state index contributed by atoms with van der Waals surface area (Å²) in [7, 11) is 0. The van der Waals surface area contributed by atoms with E-state index in [-0.39, 0.29) is 5.92 Å². The van der Waals surface area contributed by atoms with Gasteiger partial charge in [-0.3, -0.25) is 4.98 Å². The fraction of sp³-hybridized carbons (Fsp3) is 0.583. The van der Waals surface area contributed by atoms with Crippen LogP contribution in [0.2, 0.25) is 0 Å². The van der Waals surface area contributed by atoms with Crippen molar-refractivity contribution in [3.05, 3.63) is 29.6 Å². The minimum atomic E-state index is -0.538. The van der Waals surface area contributed by atoms with Crippen molar-refractivity contribution in [1.82, 2.24) is 10.3 Å². The van der Waals surface area contributed by atoms with Crippen molar-refractivity contribution in [1.29, 1.82) is 0 Å². The predicted octanol–water partition coefficient (Wildman–Crippen LogP) is 0.836. The summed E-state index contributed by atoms with van der Waals surface area (Å²) in [6.07, 6.45) is 5.20. The van der Waals surface area contributed by atoms with Gasteiger partial charge in [0.05, 0.1) is 5.60 Å². The third-order valence-corrected chi connectivity index (χ3v) is 3.71. The van der Waals surface area contributed by atoms with Gasteiger partial charge in [-0.2, -0.15) is 0 Å². The first-order valence-corrected chi connectivity index (χ1v) is 5.66. The van der Waals surface area contributed by atoms with Gasteiger partial charge in [0.2, 0.25) is 0 Å². The maximum atomic E-state index is 10.4. The van der Waals surface area contributed by atoms with Crippen molar-refractivity contribution in [3.8, 4) is 0 Å². The molecule has 0 aromatic carbocycles. The lowest BCUT2D eigenvalue weighted by Gasteiger charge is -2.45. The lowest BCUT2D eigenvalue weighted by Crippen LogP contribution is -2.63. The van der Waals surface area contributed by atoms with Gasteiger partial charge in [-0.1, -0.05) is 6.07 Å². The predicted molar refractivity (Wildman–Crippen MR) is 57.7 cm³/mol. The molecule has 80 valence electrons. The van der Waals surface area contributed by atoms with Crippen molar-refractivity contribution >= 4 is 0 Å². The summed E-state index contributed by atoms with van der Waals surface area (Å²) >= 11 is 0. The molecule has 1 fully saturated rings. The third-order valence-electron chi connectivity index (χ3n) is 3.71. The number of pyridine rings is 1. The zero-order chi connectivity index (χ0) is 10.3. The van der Waals surface area contributed by atoms with Gasteiger partial charge in [-0.05, 0) is 30.9 Å². The third kappa shape index (κ3) is 1.38. The largest absolute Gasteiger partial charge is 0.387 e. The van der Waals surface area contributed by atoms with E-state index >= 15 is 0 Å². The highest BCUT2D eigenvalue weighted by molar-refractivity contribution is 5.30. The molecule has 1 aliphatic carbocycles. The number of hydrogen-bond donors (Lipinski definition) is 2. The Balaban J connectivity index is 1.98. The summed E-state index contributed by atoms with van der Waals surface area (Å²) in [5.74, 6) is 0.240. The van der Waals surface area contributed by atoms with E-state index in [4.69, 9.17) is 0 Å². The molecule has 1 aromatic heterocycles. The molecule has 1 saturated heterocycles. The van der Waals surface area contributed by atoms with Gasteiger partial charge in [0.1, 0.15) is 0 Å². The molecule has 3 nitrogen and oxygen atoms in total. The molecule has 3 heteroatoms. The van der Waals surface area contributed by atoms with Crippen LogP contribution in [0.25, 0.3) is 0 Å². The van der Waals surface area contributed by atoms with E-state index in [0.29, 0.717) is 13.1 Å². The average molecular weight is 204 g/mol. The molecule has 0 amide bonds. The second-order valence-corrected chi connectivity index (χ2v) is 4.70. The van der Waals surface area contributed by atoms with Crippen LogP contribution in [0, 0.1) is 0 Å². The molecule has 2 heterocycles. The van der Waals surface area contributed by atoms with Crippen LogP contribution in [0.1, 0.15) is 30.0 Å². The molecule has 0 spiro atoms. The van der Waals surface area contributed by atoms with E-state index in [2.05, 4.69) is 16.4 Å². The van der Waals surface area contributed by atoms with Gasteiger partial charge < -0.3 is 10.4 Å². The van der Waals surface area contributed by atoms with E-state index in [0.717, 1.165) is 18.5 Å². The van der Waals surface area contributed by atoms with Gasteiger partial charge in [0, 0.05) is 30.9 Å². The number of aromatic nitrogens is 1. The molecule has 0 radical (unpaired) electrons. The van der Waals surface area contributed by atoms with Crippen LogP contribution in [0.5, 0.6) is 0 Å². The maximum Gasteiger partial charge on any atom is 0.0978 e. The van der Waals surface area contributed by atoms with Gasteiger partial charge in [0.15, 0.2) is 0 Å². The number of β-amino-alcohol motifs (C(OH)–C–C–N with tert-alkyl or cyclic N) is 1. The summed E-state index contributed by atoms with van der Waals surface area (Å²) in [6.45, 7) is 1.43. The number of aryl methyl sites for hydroxylation is 1. The number of hydrogen-bond acceptors (Lipinski definition) is 3. The average Bonchev–Trinajstić information content (AvgIpc) is 2.25. The number of fused-ring (bicyclic) bond motifs is 1. The van der Waals surface area contributed by atoms with E-state index in [9.17, 15) is 5.11 Å². The van der Waals surface area contributed by atoms with Crippen molar-refractivity contribution < 1.29 is 5.11 Å². The van der Waals surface area contributed by atoms with Crippen molar-refractivity contribution in [2.45, 2.75) is 30.8 Å². The molecule has 3 rings (SSSR count). The Kier molecular flexibility index (Phi) is 2.04. The molecule has 2 aliphatic rings. The van der Waals surface area contributed by atoms with Crippen LogP contribution in [0.4, 0.5) is 0 Å². The normalized spacial score (nSPS) is 27.9. The van der Waals surface area contributed by atoms with Crippen molar-refractivity contribution in [2.24, 2.45) is 0 Å². The van der Waals surface area contributed by atoms with Crippen LogP contribution in [0.15, 0.2) is 18.3 Å². The van der Waals surface area contributed by atoms with Crippen molar-refractivity contribution in [2.75, 3.05) is 13.1 Å². The Morgan fingerprint density at radius 1 is 1.47 bits per heavy atom. The molecule has 0 bridgehead atoms. The van der Waals surface area contributed by atoms with Crippen LogP contribution in [0.3, 0.4) is 0 Å². The van der Waals surface area contributed by atoms with Gasteiger partial charge in [-0.25, -0.2) is 0 Å². The second-order valence-electron chi connectivity index (χ2n) is 4.70. The first kappa shape index (κ1) is 9.31. The first-order chi connectivity index (χ1) is 7.30. The van der Waals surface area contributed by atoms with E-state index in [1.165, 1.54) is 12.0 Å². The number of nitrogens with zero attached hydrogens (tertiary/aromatic N) is 1. The first-order valence-electron chi connectivity index (χ1n) is 5.66. The highest BCUT2D eigenvalue weighted by Crippen LogP contribution is 2.39. The molecule has 1 unspecified atom stereocenters. The monoisotopic (exact) mass is 204 g/mol. The molecule has 0 saturated carbocycles. The quantitative estimate of drug-likeness (QED) is 0.712. The van der Waals surface area contributed by atoms with Crippen molar-refractivity contribution in [3.63, 3.8) is 0 Å². The standard InChI is InChI=1S/C12H16N2O/c15-12(7-13-8-12)10-5-1-3-9-4-2-6-14-11(9)10/h2,4,6,10,13,15H,1,3,5,7-8H2. The summed E-state index contributed by atoms with van der Waals surface area (Å²) < 4.78 is 0.